The number of nitrogens with one attached hydrogen (secondary N) is 1. The van der Waals surface area contributed by atoms with Crippen LogP contribution >= 0.6 is 0 Å². The SMILES string of the molecule is C/C(CC(=O)N(C(C)C)C(C)C)=N\NC(=O)c1ccccc1[N+](=O)[O-]. The smallest absolute Gasteiger partial charge is 0.282 e. The Bertz CT molecular complexity index is 675. The van der Waals surface area contributed by atoms with Gasteiger partial charge in [0, 0.05) is 23.9 Å². The summed E-state index contributed by atoms with van der Waals surface area (Å²) in [5.41, 5.74) is 2.31. The third-order valence-electron chi connectivity index (χ3n) is 3.50. The van der Waals surface area contributed by atoms with Crippen molar-refractivity contribution in [3.8, 4) is 0 Å². The Balaban J connectivity index is 2.80. The minimum Gasteiger partial charge on any atom is -0.338 e. The lowest BCUT2D eigenvalue weighted by Gasteiger charge is -2.30. The minimum absolute atomic E-state index is 0.0573. The van der Waals surface area contributed by atoms with Gasteiger partial charge in [0.25, 0.3) is 11.6 Å². The number of carbonyl (C=O) groups is 2. The number of carbonyl (C=O) groups excluding carboxylic acids is 2. The second-order valence-electron chi connectivity index (χ2n) is 6.23. The van der Waals surface area contributed by atoms with E-state index in [0.29, 0.717) is 5.71 Å². The van der Waals surface area contributed by atoms with Gasteiger partial charge in [0.1, 0.15) is 5.56 Å². The summed E-state index contributed by atoms with van der Waals surface area (Å²) >= 11 is 0. The monoisotopic (exact) mass is 348 g/mol. The Morgan fingerprint density at radius 3 is 2.28 bits per heavy atom. The quantitative estimate of drug-likeness (QED) is 0.464. The van der Waals surface area contributed by atoms with Crippen LogP contribution in [0, 0.1) is 10.1 Å². The van der Waals surface area contributed by atoms with Crippen LogP contribution in [0.5, 0.6) is 0 Å². The standard InChI is InChI=1S/C17H24N4O4/c1-11(2)20(12(3)4)16(22)10-13(5)18-19-17(23)14-8-6-7-9-15(14)21(24)25/h6-9,11-12H,10H2,1-5H3,(H,19,23)/b18-13+. The first kappa shape index (κ1) is 20.3. The molecule has 0 aliphatic rings. The predicted octanol–water partition coefficient (Wildman–Crippen LogP) is 2.74. The second kappa shape index (κ2) is 8.91. The number of hydrazone groups is 1. The highest BCUT2D eigenvalue weighted by Gasteiger charge is 2.21. The van der Waals surface area contributed by atoms with Crippen LogP contribution in [0.1, 0.15) is 51.4 Å². The summed E-state index contributed by atoms with van der Waals surface area (Å²) in [4.78, 5) is 36.5. The average molecular weight is 348 g/mol. The molecule has 0 fully saturated rings. The van der Waals surface area contributed by atoms with E-state index in [1.807, 2.05) is 27.7 Å². The van der Waals surface area contributed by atoms with E-state index < -0.39 is 10.8 Å². The Hall–Kier alpha value is -2.77. The van der Waals surface area contributed by atoms with Crippen LogP contribution in [0.25, 0.3) is 0 Å². The van der Waals surface area contributed by atoms with Crippen molar-refractivity contribution >= 4 is 23.2 Å². The summed E-state index contributed by atoms with van der Waals surface area (Å²) < 4.78 is 0. The third kappa shape index (κ3) is 5.66. The molecule has 136 valence electrons. The van der Waals surface area contributed by atoms with E-state index in [1.54, 1.807) is 11.8 Å². The normalized spacial score (nSPS) is 11.6. The lowest BCUT2D eigenvalue weighted by atomic mass is 10.1. The van der Waals surface area contributed by atoms with Gasteiger partial charge >= 0.3 is 0 Å². The molecule has 0 saturated carbocycles. The highest BCUT2D eigenvalue weighted by Crippen LogP contribution is 2.17. The average Bonchev–Trinajstić information content (AvgIpc) is 2.51. The maximum absolute atomic E-state index is 12.3. The zero-order valence-electron chi connectivity index (χ0n) is 15.1. The zero-order valence-corrected chi connectivity index (χ0v) is 15.1. The van der Waals surface area contributed by atoms with E-state index >= 15 is 0 Å². The number of hydrogen-bond acceptors (Lipinski definition) is 5. The second-order valence-corrected chi connectivity index (χ2v) is 6.23. The van der Waals surface area contributed by atoms with Gasteiger partial charge in [-0.25, -0.2) is 5.43 Å². The van der Waals surface area contributed by atoms with Crippen LogP contribution in [0.4, 0.5) is 5.69 Å². The maximum atomic E-state index is 12.3. The van der Waals surface area contributed by atoms with Crippen LogP contribution in [0.15, 0.2) is 29.4 Å². The lowest BCUT2D eigenvalue weighted by molar-refractivity contribution is -0.385. The van der Waals surface area contributed by atoms with Crippen molar-refractivity contribution in [2.75, 3.05) is 0 Å². The van der Waals surface area contributed by atoms with Crippen molar-refractivity contribution < 1.29 is 14.5 Å². The zero-order chi connectivity index (χ0) is 19.1. The van der Waals surface area contributed by atoms with Gasteiger partial charge in [0.2, 0.25) is 5.91 Å². The van der Waals surface area contributed by atoms with Gasteiger partial charge in [-0.05, 0) is 40.7 Å². The highest BCUT2D eigenvalue weighted by molar-refractivity contribution is 6.02. The summed E-state index contributed by atoms with van der Waals surface area (Å²) in [6, 6.07) is 5.73. The fraction of sp³-hybridized carbons (Fsp3) is 0.471. The summed E-state index contributed by atoms with van der Waals surface area (Å²) in [5, 5.41) is 14.8. The van der Waals surface area contributed by atoms with E-state index in [9.17, 15) is 19.7 Å². The fourth-order valence-corrected chi connectivity index (χ4v) is 2.55. The molecule has 0 aliphatic carbocycles. The van der Waals surface area contributed by atoms with Crippen LogP contribution in [-0.2, 0) is 4.79 Å². The topological polar surface area (TPSA) is 105 Å². The summed E-state index contributed by atoms with van der Waals surface area (Å²) in [6.07, 6.45) is 0.0630. The van der Waals surface area contributed by atoms with E-state index in [0.717, 1.165) is 0 Å². The Labute approximate surface area is 147 Å². The van der Waals surface area contributed by atoms with Crippen molar-refractivity contribution in [3.05, 3.63) is 39.9 Å². The number of rotatable bonds is 7. The van der Waals surface area contributed by atoms with Crippen molar-refractivity contribution in [1.82, 2.24) is 10.3 Å². The molecule has 1 N–H and O–H groups in total. The first-order valence-electron chi connectivity index (χ1n) is 8.03. The van der Waals surface area contributed by atoms with E-state index in [4.69, 9.17) is 0 Å². The summed E-state index contributed by atoms with van der Waals surface area (Å²) in [5.74, 6) is -0.783. The molecule has 0 heterocycles. The molecule has 1 aromatic carbocycles. The fourth-order valence-electron chi connectivity index (χ4n) is 2.55. The molecule has 8 nitrogen and oxygen atoms in total. The molecule has 1 rings (SSSR count). The summed E-state index contributed by atoms with van der Waals surface area (Å²) in [6.45, 7) is 9.35. The number of nitro benzene ring substituents is 1. The first-order valence-corrected chi connectivity index (χ1v) is 8.03. The molecular weight excluding hydrogens is 324 g/mol. The molecule has 0 atom stereocenters. The van der Waals surface area contributed by atoms with Crippen LogP contribution in [0.3, 0.4) is 0 Å². The van der Waals surface area contributed by atoms with Gasteiger partial charge < -0.3 is 4.90 Å². The number of nitro groups is 1. The molecule has 0 spiro atoms. The van der Waals surface area contributed by atoms with Crippen LogP contribution in [0.2, 0.25) is 0 Å². The molecular formula is C17H24N4O4. The number of amides is 2. The Morgan fingerprint density at radius 1 is 1.20 bits per heavy atom. The molecule has 0 radical (unpaired) electrons. The van der Waals surface area contributed by atoms with Crippen molar-refractivity contribution in [2.45, 2.75) is 53.1 Å². The molecule has 25 heavy (non-hydrogen) atoms. The first-order chi connectivity index (χ1) is 11.6. The third-order valence-corrected chi connectivity index (χ3v) is 3.50. The van der Waals surface area contributed by atoms with Crippen molar-refractivity contribution in [3.63, 3.8) is 0 Å². The van der Waals surface area contributed by atoms with E-state index in [-0.39, 0.29) is 35.7 Å². The molecule has 0 aromatic heterocycles. The van der Waals surface area contributed by atoms with Crippen molar-refractivity contribution in [2.24, 2.45) is 5.10 Å². The predicted molar refractivity (Wildman–Crippen MR) is 95.4 cm³/mol. The van der Waals surface area contributed by atoms with Gasteiger partial charge in [-0.3, -0.25) is 19.7 Å². The Morgan fingerprint density at radius 2 is 1.76 bits per heavy atom. The summed E-state index contributed by atoms with van der Waals surface area (Å²) in [7, 11) is 0. The molecule has 0 aliphatic heterocycles. The molecule has 1 aromatic rings. The maximum Gasteiger partial charge on any atom is 0.282 e. The van der Waals surface area contributed by atoms with Gasteiger partial charge in [0.05, 0.1) is 11.3 Å². The number of para-hydroxylation sites is 1. The number of nitrogens with zero attached hydrogens (tertiary/aromatic N) is 3. The lowest BCUT2D eigenvalue weighted by Crippen LogP contribution is -2.42. The molecule has 2 amide bonds. The Kier molecular flexibility index (Phi) is 7.22. The van der Waals surface area contributed by atoms with E-state index in [1.165, 1.54) is 24.3 Å². The minimum atomic E-state index is -0.691. The molecule has 0 bridgehead atoms. The highest BCUT2D eigenvalue weighted by atomic mass is 16.6. The molecule has 0 unspecified atom stereocenters. The molecule has 8 heteroatoms. The molecule has 0 saturated heterocycles. The van der Waals surface area contributed by atoms with Gasteiger partial charge in [-0.15, -0.1) is 0 Å². The van der Waals surface area contributed by atoms with Crippen LogP contribution in [-0.4, -0.2) is 39.4 Å². The van der Waals surface area contributed by atoms with Gasteiger partial charge in [0.15, 0.2) is 0 Å². The van der Waals surface area contributed by atoms with E-state index in [2.05, 4.69) is 10.5 Å². The largest absolute Gasteiger partial charge is 0.338 e. The van der Waals surface area contributed by atoms with Gasteiger partial charge in [-0.1, -0.05) is 12.1 Å². The van der Waals surface area contributed by atoms with Crippen LogP contribution < -0.4 is 5.43 Å². The van der Waals surface area contributed by atoms with Gasteiger partial charge in [-0.2, -0.15) is 5.10 Å². The number of benzene rings is 1. The van der Waals surface area contributed by atoms with Crippen molar-refractivity contribution in [1.29, 1.82) is 0 Å². The number of hydrogen-bond donors (Lipinski definition) is 1.